The molecule has 3 aliphatic rings. The molecule has 6 rings (SSSR count). The highest BCUT2D eigenvalue weighted by molar-refractivity contribution is 7.82. The van der Waals surface area contributed by atoms with Crippen molar-refractivity contribution < 1.29 is 17.9 Å². The van der Waals surface area contributed by atoms with E-state index in [-0.39, 0.29) is 11.8 Å². The number of hydrogen-bond donors (Lipinski definition) is 1. The monoisotopic (exact) mass is 577 g/mol. The molecule has 1 saturated carbocycles. The second-order valence-electron chi connectivity index (χ2n) is 10.1. The van der Waals surface area contributed by atoms with Crippen LogP contribution in [-0.2, 0) is 16.4 Å². The van der Waals surface area contributed by atoms with Crippen LogP contribution < -0.4 is 5.32 Å². The quantitative estimate of drug-likeness (QED) is 0.427. The van der Waals surface area contributed by atoms with Crippen LogP contribution in [0.3, 0.4) is 0 Å². The molecule has 3 fully saturated rings. The molecule has 38 heavy (non-hydrogen) atoms. The minimum absolute atomic E-state index is 0.203. The summed E-state index contributed by atoms with van der Waals surface area (Å²) in [5.74, 6) is 1.69. The van der Waals surface area contributed by atoms with Crippen molar-refractivity contribution in [3.63, 3.8) is 0 Å². The maximum Gasteiger partial charge on any atom is 0.321 e. The van der Waals surface area contributed by atoms with Gasteiger partial charge < -0.3 is 14.7 Å². The lowest BCUT2D eigenvalue weighted by Gasteiger charge is -2.22. The van der Waals surface area contributed by atoms with E-state index in [9.17, 15) is 13.4 Å². The lowest BCUT2D eigenvalue weighted by Crippen LogP contribution is -2.36. The average molecular weight is 578 g/mol. The van der Waals surface area contributed by atoms with E-state index in [1.807, 2.05) is 11.2 Å². The van der Waals surface area contributed by atoms with Crippen LogP contribution in [0.5, 0.6) is 0 Å². The Kier molecular flexibility index (Phi) is 6.70. The van der Waals surface area contributed by atoms with Crippen LogP contribution in [0, 0.1) is 17.7 Å². The Morgan fingerprint density at radius 1 is 1.13 bits per heavy atom. The van der Waals surface area contributed by atoms with Gasteiger partial charge in [-0.3, -0.25) is 0 Å². The van der Waals surface area contributed by atoms with Crippen LogP contribution in [0.4, 0.5) is 14.9 Å². The molecule has 0 radical (unpaired) electrons. The van der Waals surface area contributed by atoms with Gasteiger partial charge in [0.1, 0.15) is 5.82 Å². The van der Waals surface area contributed by atoms with Gasteiger partial charge in [-0.25, -0.2) is 17.7 Å². The number of fused-ring (bicyclic) bond motifs is 1. The molecule has 200 valence electrons. The van der Waals surface area contributed by atoms with Crippen molar-refractivity contribution in [2.75, 3.05) is 37.2 Å². The van der Waals surface area contributed by atoms with E-state index >= 15 is 0 Å². The fourth-order valence-corrected chi connectivity index (χ4v) is 7.54. The second kappa shape index (κ2) is 9.89. The van der Waals surface area contributed by atoms with Gasteiger partial charge >= 0.3 is 6.03 Å². The van der Waals surface area contributed by atoms with E-state index in [2.05, 4.69) is 15.5 Å². The van der Waals surface area contributed by atoms with Crippen LogP contribution >= 0.6 is 23.2 Å². The van der Waals surface area contributed by atoms with Crippen molar-refractivity contribution in [2.24, 2.45) is 11.8 Å². The third-order valence-electron chi connectivity index (χ3n) is 7.74. The second-order valence-corrected chi connectivity index (χ2v) is 12.7. The number of hydrogen-bond acceptors (Lipinski definition) is 5. The molecule has 3 unspecified atom stereocenters. The number of anilines is 1. The number of nitrogens with one attached hydrogen (secondary N) is 1. The van der Waals surface area contributed by atoms with E-state index < -0.39 is 16.4 Å². The maximum atomic E-state index is 13.3. The Morgan fingerprint density at radius 2 is 1.76 bits per heavy atom. The van der Waals surface area contributed by atoms with Gasteiger partial charge in [-0.1, -0.05) is 35.3 Å². The van der Waals surface area contributed by atoms with Crippen LogP contribution in [0.1, 0.15) is 31.2 Å². The minimum Gasteiger partial charge on any atom is -0.334 e. The molecule has 2 saturated heterocycles. The van der Waals surface area contributed by atoms with Crippen molar-refractivity contribution in [1.29, 1.82) is 0 Å². The molecule has 1 aromatic heterocycles. The molecule has 3 atom stereocenters. The standard InChI is InChI=1S/C26H26Cl2FN5O3S/c1-2-38(36)34-13-16-11-33(12-17(16)14-34)25(35)30-19-9-20(27)22(21(28)10-19)26(7-8-26)24-31-23(37-32-24)15-3-5-18(29)6-4-15/h3-6,9-10,16-17H,2,7-8,11-14H2,1H3,(H,30,35). The van der Waals surface area contributed by atoms with Gasteiger partial charge in [-0.05, 0) is 61.1 Å². The number of aromatic nitrogens is 2. The summed E-state index contributed by atoms with van der Waals surface area (Å²) in [4.78, 5) is 19.4. The molecular weight excluding hydrogens is 552 g/mol. The van der Waals surface area contributed by atoms with Gasteiger partial charge in [0.25, 0.3) is 5.89 Å². The van der Waals surface area contributed by atoms with Gasteiger partial charge in [-0.2, -0.15) is 4.98 Å². The molecule has 2 aliphatic heterocycles. The molecule has 3 aromatic rings. The van der Waals surface area contributed by atoms with Crippen molar-refractivity contribution >= 4 is 45.9 Å². The fraction of sp³-hybridized carbons (Fsp3) is 0.423. The molecule has 0 spiro atoms. The Hall–Kier alpha value is -2.53. The van der Waals surface area contributed by atoms with E-state index in [4.69, 9.17) is 27.7 Å². The highest BCUT2D eigenvalue weighted by Gasteiger charge is 2.52. The summed E-state index contributed by atoms with van der Waals surface area (Å²) in [7, 11) is -0.942. The van der Waals surface area contributed by atoms with E-state index in [1.165, 1.54) is 12.1 Å². The summed E-state index contributed by atoms with van der Waals surface area (Å²) in [5, 5.41) is 7.94. The third kappa shape index (κ3) is 4.61. The van der Waals surface area contributed by atoms with Crippen LogP contribution in [0.2, 0.25) is 10.0 Å². The number of carbonyl (C=O) groups excluding carboxylic acids is 1. The van der Waals surface area contributed by atoms with Crippen LogP contribution in [0.25, 0.3) is 11.5 Å². The summed E-state index contributed by atoms with van der Waals surface area (Å²) in [6.07, 6.45) is 1.49. The minimum atomic E-state index is -0.942. The topological polar surface area (TPSA) is 91.6 Å². The predicted molar refractivity (Wildman–Crippen MR) is 144 cm³/mol. The van der Waals surface area contributed by atoms with Gasteiger partial charge in [0, 0.05) is 58.8 Å². The molecule has 2 aromatic carbocycles. The number of carbonyl (C=O) groups is 1. The van der Waals surface area contributed by atoms with Gasteiger partial charge in [0.15, 0.2) is 5.82 Å². The van der Waals surface area contributed by atoms with Gasteiger partial charge in [0.05, 0.1) is 16.4 Å². The number of urea groups is 1. The molecular formula is C26H26Cl2FN5O3S. The Balaban J connectivity index is 1.16. The molecule has 8 nitrogen and oxygen atoms in total. The van der Waals surface area contributed by atoms with E-state index in [0.717, 1.165) is 25.9 Å². The molecule has 3 heterocycles. The lowest BCUT2D eigenvalue weighted by molar-refractivity contribution is 0.217. The first-order valence-electron chi connectivity index (χ1n) is 12.6. The van der Waals surface area contributed by atoms with Crippen LogP contribution in [-0.4, -0.2) is 61.5 Å². The zero-order valence-corrected chi connectivity index (χ0v) is 23.0. The first-order chi connectivity index (χ1) is 18.3. The first-order valence-corrected chi connectivity index (χ1v) is 14.6. The summed E-state index contributed by atoms with van der Waals surface area (Å²) in [6.45, 7) is 4.68. The van der Waals surface area contributed by atoms with Crippen molar-refractivity contribution in [1.82, 2.24) is 19.3 Å². The molecule has 1 aliphatic carbocycles. The predicted octanol–water partition coefficient (Wildman–Crippen LogP) is 5.34. The van der Waals surface area contributed by atoms with Gasteiger partial charge in [0.2, 0.25) is 0 Å². The van der Waals surface area contributed by atoms with Crippen molar-refractivity contribution in [3.05, 3.63) is 63.6 Å². The Labute approximate surface area is 232 Å². The third-order valence-corrected chi connectivity index (χ3v) is 9.71. The number of nitrogens with zero attached hydrogens (tertiary/aromatic N) is 4. The zero-order chi connectivity index (χ0) is 26.6. The highest BCUT2D eigenvalue weighted by Crippen LogP contribution is 2.57. The fourth-order valence-electron chi connectivity index (χ4n) is 5.61. The molecule has 2 amide bonds. The number of rotatable bonds is 6. The van der Waals surface area contributed by atoms with E-state index in [0.29, 0.717) is 69.3 Å². The number of amides is 2. The summed E-state index contributed by atoms with van der Waals surface area (Å²) >= 11 is 13.4. The summed E-state index contributed by atoms with van der Waals surface area (Å²) in [6, 6.07) is 9.04. The van der Waals surface area contributed by atoms with Gasteiger partial charge in [-0.15, -0.1) is 0 Å². The first kappa shape index (κ1) is 25.7. The van der Waals surface area contributed by atoms with Crippen molar-refractivity contribution in [3.8, 4) is 11.5 Å². The average Bonchev–Trinajstić information content (AvgIpc) is 3.22. The largest absolute Gasteiger partial charge is 0.334 e. The molecule has 1 N–H and O–H groups in total. The normalized spacial score (nSPS) is 22.9. The van der Waals surface area contributed by atoms with Crippen molar-refractivity contribution in [2.45, 2.75) is 25.2 Å². The number of likely N-dealkylation sites (tertiary alicyclic amines) is 1. The van der Waals surface area contributed by atoms with E-state index in [1.54, 1.807) is 29.2 Å². The molecule has 0 bridgehead atoms. The number of halogens is 3. The highest BCUT2D eigenvalue weighted by atomic mass is 35.5. The Morgan fingerprint density at radius 3 is 2.34 bits per heavy atom. The summed E-state index contributed by atoms with van der Waals surface area (Å²) in [5.41, 5.74) is 1.25. The molecule has 12 heteroatoms. The number of benzene rings is 2. The Bertz CT molecular complexity index is 1380. The SMILES string of the molecule is CCS(=O)N1CC2CN(C(=O)Nc3cc(Cl)c(C4(c5noc(-c6ccc(F)cc6)n5)CC4)c(Cl)c3)CC2C1. The van der Waals surface area contributed by atoms with Crippen LogP contribution in [0.15, 0.2) is 40.9 Å². The maximum absolute atomic E-state index is 13.3. The lowest BCUT2D eigenvalue weighted by atomic mass is 9.94. The smallest absolute Gasteiger partial charge is 0.321 e. The summed E-state index contributed by atoms with van der Waals surface area (Å²) < 4.78 is 32.9. The zero-order valence-electron chi connectivity index (χ0n) is 20.6.